The quantitative estimate of drug-likeness (QED) is 0.564. The van der Waals surface area contributed by atoms with E-state index in [-0.39, 0.29) is 18.7 Å². The van der Waals surface area contributed by atoms with E-state index >= 15 is 0 Å². The van der Waals surface area contributed by atoms with Crippen molar-refractivity contribution >= 4 is 40.3 Å². The monoisotopic (exact) mass is 495 g/mol. The van der Waals surface area contributed by atoms with Gasteiger partial charge in [-0.2, -0.15) is 4.98 Å². The van der Waals surface area contributed by atoms with E-state index in [1.807, 2.05) is 0 Å². The van der Waals surface area contributed by atoms with Crippen LogP contribution in [0.1, 0.15) is 19.8 Å². The van der Waals surface area contributed by atoms with Crippen molar-refractivity contribution in [2.24, 2.45) is 20.0 Å². The Kier molecular flexibility index (Phi) is 6.74. The van der Waals surface area contributed by atoms with Gasteiger partial charge in [0.05, 0.1) is 11.6 Å². The molecule has 0 aliphatic carbocycles. The number of hydrogen-bond donors (Lipinski definition) is 1. The summed E-state index contributed by atoms with van der Waals surface area (Å²) >= 11 is 12.1. The summed E-state index contributed by atoms with van der Waals surface area (Å²) in [5.41, 5.74) is -0.329. The van der Waals surface area contributed by atoms with Crippen LogP contribution in [0.2, 0.25) is 10.0 Å². The Morgan fingerprint density at radius 1 is 1.24 bits per heavy atom. The van der Waals surface area contributed by atoms with Crippen LogP contribution in [0.3, 0.4) is 0 Å². The average molecular weight is 496 g/mol. The summed E-state index contributed by atoms with van der Waals surface area (Å²) < 4.78 is 9.80. The molecule has 0 bridgehead atoms. The van der Waals surface area contributed by atoms with Crippen molar-refractivity contribution in [1.82, 2.24) is 18.7 Å². The first kappa shape index (κ1) is 23.7. The molecule has 33 heavy (non-hydrogen) atoms. The van der Waals surface area contributed by atoms with E-state index in [4.69, 9.17) is 27.9 Å². The highest BCUT2D eigenvalue weighted by Gasteiger charge is 2.27. The van der Waals surface area contributed by atoms with Crippen molar-refractivity contribution in [3.8, 4) is 5.75 Å². The van der Waals surface area contributed by atoms with Crippen LogP contribution in [0.4, 0.5) is 5.95 Å². The third kappa shape index (κ3) is 4.62. The minimum Gasteiger partial charge on any atom is -0.489 e. The molecule has 1 saturated heterocycles. The van der Waals surface area contributed by atoms with E-state index in [2.05, 4.69) is 16.8 Å². The number of fused-ring (bicyclic) bond motifs is 1. The van der Waals surface area contributed by atoms with Crippen LogP contribution in [0.15, 0.2) is 27.8 Å². The Labute approximate surface area is 200 Å². The molecule has 1 aromatic carbocycles. The minimum absolute atomic E-state index is 0.0526. The summed E-state index contributed by atoms with van der Waals surface area (Å²) in [6.07, 6.45) is 1.16. The van der Waals surface area contributed by atoms with Crippen molar-refractivity contribution in [2.75, 3.05) is 24.6 Å². The standard InChI is InChI=1S/C22H27Cl2N5O4/c1-13-5-4-8-28(10-13)21-25-19-18(20(31)27(3)22(32)26(19)2)29(21)11-15(30)12-33-17-7-6-14(23)9-16(17)24/h6-7,9,13,15,30H,4-5,8,10-12H2,1-3H3/t13-,15+/m1/s1. The number of piperidine rings is 1. The lowest BCUT2D eigenvalue weighted by Crippen LogP contribution is -2.39. The lowest BCUT2D eigenvalue weighted by molar-refractivity contribution is 0.0936. The van der Waals surface area contributed by atoms with Gasteiger partial charge in [-0.05, 0) is 37.0 Å². The minimum atomic E-state index is -0.961. The third-order valence-electron chi connectivity index (χ3n) is 5.99. The first-order valence-electron chi connectivity index (χ1n) is 10.8. The van der Waals surface area contributed by atoms with Crippen molar-refractivity contribution in [1.29, 1.82) is 0 Å². The van der Waals surface area contributed by atoms with Gasteiger partial charge in [-0.1, -0.05) is 30.1 Å². The maximum Gasteiger partial charge on any atom is 0.332 e. The summed E-state index contributed by atoms with van der Waals surface area (Å²) in [5, 5.41) is 11.6. The molecule has 2 atom stereocenters. The molecule has 0 radical (unpaired) electrons. The fourth-order valence-electron chi connectivity index (χ4n) is 4.26. The number of ether oxygens (including phenoxy) is 1. The number of benzene rings is 1. The number of anilines is 1. The van der Waals surface area contributed by atoms with Crippen molar-refractivity contribution in [3.63, 3.8) is 0 Å². The smallest absolute Gasteiger partial charge is 0.332 e. The van der Waals surface area contributed by atoms with E-state index in [1.165, 1.54) is 11.6 Å². The van der Waals surface area contributed by atoms with Gasteiger partial charge >= 0.3 is 5.69 Å². The summed E-state index contributed by atoms with van der Waals surface area (Å²) in [7, 11) is 3.03. The van der Waals surface area contributed by atoms with Gasteiger partial charge in [0.2, 0.25) is 5.95 Å². The number of aryl methyl sites for hydroxylation is 1. The second kappa shape index (κ2) is 9.40. The average Bonchev–Trinajstić information content (AvgIpc) is 3.15. The molecule has 1 aliphatic heterocycles. The fraction of sp³-hybridized carbons (Fsp3) is 0.500. The molecule has 1 aliphatic rings. The maximum absolute atomic E-state index is 13.0. The molecule has 0 unspecified atom stereocenters. The molecule has 11 heteroatoms. The highest BCUT2D eigenvalue weighted by molar-refractivity contribution is 6.35. The first-order chi connectivity index (χ1) is 15.7. The second-order valence-electron chi connectivity index (χ2n) is 8.63. The largest absolute Gasteiger partial charge is 0.489 e. The Morgan fingerprint density at radius 2 is 2.00 bits per heavy atom. The summed E-state index contributed by atoms with van der Waals surface area (Å²) in [6.45, 7) is 3.75. The Hall–Kier alpha value is -2.49. The highest BCUT2D eigenvalue weighted by atomic mass is 35.5. The van der Waals surface area contributed by atoms with E-state index in [0.29, 0.717) is 33.3 Å². The number of aliphatic hydroxyl groups is 1. The zero-order valence-electron chi connectivity index (χ0n) is 18.8. The van der Waals surface area contributed by atoms with E-state index in [1.54, 1.807) is 29.8 Å². The van der Waals surface area contributed by atoms with Gasteiger partial charge in [0.15, 0.2) is 11.2 Å². The molecular formula is C22H27Cl2N5O4. The third-order valence-corrected chi connectivity index (χ3v) is 6.52. The molecule has 4 rings (SSSR count). The predicted molar refractivity (Wildman–Crippen MR) is 129 cm³/mol. The number of aromatic nitrogens is 4. The molecule has 2 aromatic heterocycles. The predicted octanol–water partition coefficient (Wildman–Crippen LogP) is 2.42. The van der Waals surface area contributed by atoms with Gasteiger partial charge in [0.1, 0.15) is 18.5 Å². The van der Waals surface area contributed by atoms with Crippen LogP contribution < -0.4 is 20.9 Å². The molecule has 0 spiro atoms. The summed E-state index contributed by atoms with van der Waals surface area (Å²) in [6, 6.07) is 4.85. The van der Waals surface area contributed by atoms with Crippen molar-refractivity contribution in [3.05, 3.63) is 49.1 Å². The molecular weight excluding hydrogens is 469 g/mol. The first-order valence-corrected chi connectivity index (χ1v) is 11.6. The normalized spacial score (nSPS) is 17.5. The summed E-state index contributed by atoms with van der Waals surface area (Å²) in [5.74, 6) is 1.44. The Balaban J connectivity index is 1.70. The van der Waals surface area contributed by atoms with Crippen LogP contribution in [0.25, 0.3) is 11.2 Å². The molecule has 1 fully saturated rings. The number of aliphatic hydroxyl groups excluding tert-OH is 1. The number of rotatable bonds is 6. The van der Waals surface area contributed by atoms with Gasteiger partial charge in [-0.15, -0.1) is 0 Å². The topological polar surface area (TPSA) is 94.5 Å². The molecule has 3 aromatic rings. The van der Waals surface area contributed by atoms with Gasteiger partial charge < -0.3 is 19.3 Å². The molecule has 0 saturated carbocycles. The fourth-order valence-corrected chi connectivity index (χ4v) is 4.73. The van der Waals surface area contributed by atoms with E-state index in [0.717, 1.165) is 30.5 Å². The van der Waals surface area contributed by atoms with Crippen LogP contribution in [-0.4, -0.2) is 49.6 Å². The van der Waals surface area contributed by atoms with Crippen LogP contribution in [0, 0.1) is 5.92 Å². The SMILES string of the molecule is C[C@@H]1CCCN(c2nc3c(c(=O)n(C)c(=O)n3C)n2C[C@H](O)COc2ccc(Cl)cc2Cl)C1. The number of hydrogen-bond acceptors (Lipinski definition) is 6. The van der Waals surface area contributed by atoms with Crippen LogP contribution in [0.5, 0.6) is 5.75 Å². The zero-order valence-corrected chi connectivity index (χ0v) is 20.3. The van der Waals surface area contributed by atoms with Gasteiger partial charge in [0.25, 0.3) is 5.56 Å². The molecule has 9 nitrogen and oxygen atoms in total. The molecule has 0 amide bonds. The maximum atomic E-state index is 13.0. The van der Waals surface area contributed by atoms with Crippen LogP contribution in [-0.2, 0) is 20.6 Å². The number of nitrogens with zero attached hydrogens (tertiary/aromatic N) is 5. The Morgan fingerprint density at radius 3 is 2.70 bits per heavy atom. The lowest BCUT2D eigenvalue weighted by atomic mass is 10.0. The molecule has 178 valence electrons. The highest BCUT2D eigenvalue weighted by Crippen LogP contribution is 2.28. The molecule has 3 heterocycles. The zero-order chi connectivity index (χ0) is 23.9. The number of imidazole rings is 1. The van der Waals surface area contributed by atoms with Crippen molar-refractivity contribution < 1.29 is 9.84 Å². The van der Waals surface area contributed by atoms with E-state index in [9.17, 15) is 14.7 Å². The van der Waals surface area contributed by atoms with Gasteiger partial charge in [-0.3, -0.25) is 13.9 Å². The second-order valence-corrected chi connectivity index (χ2v) is 9.48. The summed E-state index contributed by atoms with van der Waals surface area (Å²) in [4.78, 5) is 32.3. The van der Waals surface area contributed by atoms with Crippen LogP contribution >= 0.6 is 23.2 Å². The molecule has 1 N–H and O–H groups in total. The lowest BCUT2D eigenvalue weighted by Gasteiger charge is -2.32. The Bertz CT molecular complexity index is 1300. The van der Waals surface area contributed by atoms with Crippen molar-refractivity contribution in [2.45, 2.75) is 32.4 Å². The van der Waals surface area contributed by atoms with Gasteiger partial charge in [0, 0.05) is 32.2 Å². The van der Waals surface area contributed by atoms with E-state index < -0.39 is 17.4 Å². The van der Waals surface area contributed by atoms with Gasteiger partial charge in [-0.25, -0.2) is 4.79 Å². The number of halogens is 2.